The van der Waals surface area contributed by atoms with Crippen molar-refractivity contribution in [3.05, 3.63) is 40.3 Å². The quantitative estimate of drug-likeness (QED) is 0.807. The van der Waals surface area contributed by atoms with Gasteiger partial charge in [-0.15, -0.1) is 11.3 Å². The smallest absolute Gasteiger partial charge is 0.353 e. The summed E-state index contributed by atoms with van der Waals surface area (Å²) in [6.45, 7) is 4.41. The molecular weight excluding hydrogens is 377 g/mol. The van der Waals surface area contributed by atoms with Crippen LogP contribution in [0.2, 0.25) is 0 Å². The summed E-state index contributed by atoms with van der Waals surface area (Å²) in [5.74, 6) is 0.362. The molecule has 1 N–H and O–H groups in total. The maximum absolute atomic E-state index is 12.6. The molecule has 1 aliphatic heterocycles. The SMILES string of the molecule is CC1CCN([C@@H](CNC(=O)Cn2ccc(C(F)(F)F)n2)c2cccs2)CC1. The summed E-state index contributed by atoms with van der Waals surface area (Å²) in [7, 11) is 0. The molecule has 0 aromatic carbocycles. The molecule has 27 heavy (non-hydrogen) atoms. The molecule has 0 aliphatic carbocycles. The minimum absolute atomic E-state index is 0.0878. The molecule has 0 radical (unpaired) electrons. The number of nitrogens with zero attached hydrogens (tertiary/aromatic N) is 3. The molecule has 1 fully saturated rings. The van der Waals surface area contributed by atoms with Crippen LogP contribution in [0.1, 0.15) is 36.4 Å². The minimum Gasteiger partial charge on any atom is -0.353 e. The molecule has 0 unspecified atom stereocenters. The second kappa shape index (κ2) is 8.43. The summed E-state index contributed by atoms with van der Waals surface area (Å²) < 4.78 is 38.8. The number of halogens is 3. The van der Waals surface area contributed by atoms with Crippen molar-refractivity contribution < 1.29 is 18.0 Å². The molecule has 3 rings (SSSR count). The molecule has 0 spiro atoms. The lowest BCUT2D eigenvalue weighted by Gasteiger charge is -2.36. The third-order valence-corrected chi connectivity index (χ3v) is 5.83. The highest BCUT2D eigenvalue weighted by molar-refractivity contribution is 7.10. The first kappa shape index (κ1) is 19.9. The largest absolute Gasteiger partial charge is 0.435 e. The lowest BCUT2D eigenvalue weighted by atomic mass is 9.97. The van der Waals surface area contributed by atoms with Crippen LogP contribution < -0.4 is 5.32 Å². The van der Waals surface area contributed by atoms with Gasteiger partial charge in [-0.2, -0.15) is 18.3 Å². The van der Waals surface area contributed by atoms with Crippen molar-refractivity contribution >= 4 is 17.2 Å². The van der Waals surface area contributed by atoms with E-state index in [-0.39, 0.29) is 18.5 Å². The minimum atomic E-state index is -4.50. The van der Waals surface area contributed by atoms with E-state index in [1.165, 1.54) is 11.1 Å². The number of thiophene rings is 1. The van der Waals surface area contributed by atoms with Crippen LogP contribution in [-0.4, -0.2) is 40.2 Å². The highest BCUT2D eigenvalue weighted by Gasteiger charge is 2.33. The topological polar surface area (TPSA) is 50.2 Å². The first-order chi connectivity index (χ1) is 12.8. The predicted octanol–water partition coefficient (Wildman–Crippen LogP) is 3.55. The molecule has 3 heterocycles. The molecule has 148 valence electrons. The Morgan fingerprint density at radius 2 is 2.11 bits per heavy atom. The highest BCUT2D eigenvalue weighted by Crippen LogP contribution is 2.29. The summed E-state index contributed by atoms with van der Waals surface area (Å²) in [6.07, 6.45) is -1.07. The van der Waals surface area contributed by atoms with Crippen LogP contribution in [0.25, 0.3) is 0 Å². The number of hydrogen-bond acceptors (Lipinski definition) is 4. The number of piperidine rings is 1. The summed E-state index contributed by atoms with van der Waals surface area (Å²) >= 11 is 1.65. The van der Waals surface area contributed by atoms with Crippen LogP contribution in [0.5, 0.6) is 0 Å². The summed E-state index contributed by atoms with van der Waals surface area (Å²) in [5, 5.41) is 8.29. The van der Waals surface area contributed by atoms with Gasteiger partial charge in [0.15, 0.2) is 5.69 Å². The number of amides is 1. The fraction of sp³-hybridized carbons (Fsp3) is 0.556. The number of alkyl halides is 3. The third-order valence-electron chi connectivity index (χ3n) is 4.86. The molecule has 9 heteroatoms. The molecule has 1 atom stereocenters. The first-order valence-electron chi connectivity index (χ1n) is 8.97. The lowest BCUT2D eigenvalue weighted by molar-refractivity contribution is -0.141. The van der Waals surface area contributed by atoms with E-state index >= 15 is 0 Å². The predicted molar refractivity (Wildman–Crippen MR) is 97.3 cm³/mol. The number of carbonyl (C=O) groups excluding carboxylic acids is 1. The Morgan fingerprint density at radius 1 is 1.37 bits per heavy atom. The van der Waals surface area contributed by atoms with Crippen LogP contribution in [0.3, 0.4) is 0 Å². The van der Waals surface area contributed by atoms with E-state index in [4.69, 9.17) is 0 Å². The van der Waals surface area contributed by atoms with Crippen molar-refractivity contribution in [3.8, 4) is 0 Å². The Labute approximate surface area is 160 Å². The van der Waals surface area contributed by atoms with Gasteiger partial charge in [0.05, 0.1) is 6.04 Å². The number of nitrogens with one attached hydrogen (secondary N) is 1. The zero-order chi connectivity index (χ0) is 19.4. The molecule has 5 nitrogen and oxygen atoms in total. The normalized spacial score (nSPS) is 17.8. The van der Waals surface area contributed by atoms with Crippen molar-refractivity contribution in [2.45, 2.75) is 38.5 Å². The van der Waals surface area contributed by atoms with E-state index < -0.39 is 11.9 Å². The number of carbonyl (C=O) groups is 1. The maximum atomic E-state index is 12.6. The average Bonchev–Trinajstić information content (AvgIpc) is 3.28. The first-order valence-corrected chi connectivity index (χ1v) is 9.85. The van der Waals surface area contributed by atoms with Crippen LogP contribution >= 0.6 is 11.3 Å². The van der Waals surface area contributed by atoms with Gasteiger partial charge in [0.1, 0.15) is 6.54 Å². The molecule has 1 saturated heterocycles. The molecule has 0 saturated carbocycles. The summed E-state index contributed by atoms with van der Waals surface area (Å²) in [4.78, 5) is 15.8. The Kier molecular flexibility index (Phi) is 6.21. The van der Waals surface area contributed by atoms with E-state index in [1.807, 2.05) is 11.4 Å². The monoisotopic (exact) mass is 400 g/mol. The van der Waals surface area contributed by atoms with Gasteiger partial charge in [0.25, 0.3) is 0 Å². The summed E-state index contributed by atoms with van der Waals surface area (Å²) in [6, 6.07) is 5.01. The maximum Gasteiger partial charge on any atom is 0.435 e. The number of hydrogen-bond donors (Lipinski definition) is 1. The number of likely N-dealkylation sites (tertiary alicyclic amines) is 1. The zero-order valence-electron chi connectivity index (χ0n) is 15.1. The van der Waals surface area contributed by atoms with Crippen LogP contribution in [0.4, 0.5) is 13.2 Å². The zero-order valence-corrected chi connectivity index (χ0v) is 15.9. The van der Waals surface area contributed by atoms with E-state index in [0.717, 1.165) is 36.7 Å². The van der Waals surface area contributed by atoms with Gasteiger partial charge in [0, 0.05) is 17.6 Å². The Bertz CT molecular complexity index is 736. The number of rotatable bonds is 6. The fourth-order valence-electron chi connectivity index (χ4n) is 3.25. The fourth-order valence-corrected chi connectivity index (χ4v) is 4.11. The lowest BCUT2D eigenvalue weighted by Crippen LogP contribution is -2.42. The number of aromatic nitrogens is 2. The average molecular weight is 400 g/mol. The van der Waals surface area contributed by atoms with Gasteiger partial charge >= 0.3 is 6.18 Å². The second-order valence-electron chi connectivity index (χ2n) is 6.95. The van der Waals surface area contributed by atoms with Crippen molar-refractivity contribution in [3.63, 3.8) is 0 Å². The van der Waals surface area contributed by atoms with Crippen LogP contribution in [0, 0.1) is 5.92 Å². The van der Waals surface area contributed by atoms with Gasteiger partial charge in [-0.05, 0) is 49.4 Å². The van der Waals surface area contributed by atoms with Crippen molar-refractivity contribution in [2.24, 2.45) is 5.92 Å². The van der Waals surface area contributed by atoms with Crippen molar-refractivity contribution in [1.82, 2.24) is 20.0 Å². The molecule has 2 aromatic rings. The van der Waals surface area contributed by atoms with E-state index in [9.17, 15) is 18.0 Å². The van der Waals surface area contributed by atoms with Crippen LogP contribution in [0.15, 0.2) is 29.8 Å². The third kappa shape index (κ3) is 5.32. The Balaban J connectivity index is 1.58. The molecule has 1 amide bonds. The van der Waals surface area contributed by atoms with E-state index in [1.54, 1.807) is 11.3 Å². The molecular formula is C18H23F3N4OS. The van der Waals surface area contributed by atoms with E-state index in [0.29, 0.717) is 12.5 Å². The van der Waals surface area contributed by atoms with Crippen LogP contribution in [-0.2, 0) is 17.5 Å². The Morgan fingerprint density at radius 3 is 2.70 bits per heavy atom. The van der Waals surface area contributed by atoms with Gasteiger partial charge in [-0.3, -0.25) is 14.4 Å². The van der Waals surface area contributed by atoms with Gasteiger partial charge in [0.2, 0.25) is 5.91 Å². The standard InChI is InChI=1S/C18H23F3N4OS/c1-13-4-7-24(8-5-13)14(15-3-2-10-27-15)11-22-17(26)12-25-9-6-16(23-25)18(19,20)21/h2-3,6,9-10,13-14H,4-5,7-8,11-12H2,1H3,(H,22,26)/t14-/m0/s1. The Hall–Kier alpha value is -1.87. The van der Waals surface area contributed by atoms with Gasteiger partial charge < -0.3 is 5.32 Å². The molecule has 1 aliphatic rings. The van der Waals surface area contributed by atoms with E-state index in [2.05, 4.69) is 28.3 Å². The van der Waals surface area contributed by atoms with Gasteiger partial charge in [-0.1, -0.05) is 13.0 Å². The molecule has 0 bridgehead atoms. The molecule has 2 aromatic heterocycles. The van der Waals surface area contributed by atoms with Gasteiger partial charge in [-0.25, -0.2) is 0 Å². The van der Waals surface area contributed by atoms with Crippen molar-refractivity contribution in [1.29, 1.82) is 0 Å². The summed E-state index contributed by atoms with van der Waals surface area (Å²) in [5.41, 5.74) is -0.991. The second-order valence-corrected chi connectivity index (χ2v) is 7.93. The highest BCUT2D eigenvalue weighted by atomic mass is 32.1. The van der Waals surface area contributed by atoms with Crippen molar-refractivity contribution in [2.75, 3.05) is 19.6 Å².